The summed E-state index contributed by atoms with van der Waals surface area (Å²) in [6.07, 6.45) is 9.26. The molecular formula is C18H30N4O. The van der Waals surface area contributed by atoms with Crippen LogP contribution in [0.4, 0.5) is 0 Å². The number of nitrogens with one attached hydrogen (secondary N) is 1. The minimum Gasteiger partial charge on any atom is -0.347 e. The highest BCUT2D eigenvalue weighted by Gasteiger charge is 2.25. The number of carbonyl (C=O) groups is 1. The number of amides is 1. The van der Waals surface area contributed by atoms with Crippen molar-refractivity contribution in [2.75, 3.05) is 19.6 Å². The molecule has 1 aliphatic heterocycles. The van der Waals surface area contributed by atoms with Crippen LogP contribution in [0.5, 0.6) is 0 Å². The summed E-state index contributed by atoms with van der Waals surface area (Å²) in [5.41, 5.74) is 1.55. The van der Waals surface area contributed by atoms with Crippen molar-refractivity contribution >= 4 is 5.91 Å². The predicted octanol–water partition coefficient (Wildman–Crippen LogP) is 2.50. The highest BCUT2D eigenvalue weighted by molar-refractivity contribution is 5.92. The molecule has 5 heteroatoms. The fraction of sp³-hybridized carbons (Fsp3) is 0.778. The third kappa shape index (κ3) is 4.34. The van der Waals surface area contributed by atoms with E-state index in [-0.39, 0.29) is 11.9 Å². The van der Waals surface area contributed by atoms with Crippen LogP contribution in [0.25, 0.3) is 0 Å². The summed E-state index contributed by atoms with van der Waals surface area (Å²) in [5.74, 6) is 0.842. The Morgan fingerprint density at radius 3 is 2.74 bits per heavy atom. The van der Waals surface area contributed by atoms with Gasteiger partial charge in [0.15, 0.2) is 0 Å². The van der Waals surface area contributed by atoms with E-state index in [1.165, 1.54) is 51.6 Å². The minimum absolute atomic E-state index is 0.0294. The van der Waals surface area contributed by atoms with Crippen molar-refractivity contribution in [3.05, 3.63) is 17.5 Å². The molecular weight excluding hydrogens is 288 g/mol. The average Bonchev–Trinajstić information content (AvgIpc) is 2.88. The van der Waals surface area contributed by atoms with Crippen molar-refractivity contribution in [3.63, 3.8) is 0 Å². The van der Waals surface area contributed by atoms with E-state index < -0.39 is 0 Å². The van der Waals surface area contributed by atoms with Crippen LogP contribution in [0.15, 0.2) is 6.07 Å². The molecule has 1 saturated heterocycles. The zero-order valence-electron chi connectivity index (χ0n) is 14.6. The molecule has 1 atom stereocenters. The first-order valence-corrected chi connectivity index (χ1v) is 9.15. The molecule has 1 amide bonds. The van der Waals surface area contributed by atoms with Crippen LogP contribution in [0, 0.1) is 12.8 Å². The van der Waals surface area contributed by atoms with E-state index in [0.29, 0.717) is 5.69 Å². The molecule has 1 aromatic rings. The smallest absolute Gasteiger partial charge is 0.272 e. The van der Waals surface area contributed by atoms with E-state index in [1.807, 2.05) is 20.0 Å². The first kappa shape index (κ1) is 16.5. The number of rotatable bonds is 4. The van der Waals surface area contributed by atoms with Crippen LogP contribution in [0.2, 0.25) is 0 Å². The summed E-state index contributed by atoms with van der Waals surface area (Å²) >= 11 is 0. The lowest BCUT2D eigenvalue weighted by Gasteiger charge is -2.36. The van der Waals surface area contributed by atoms with Crippen LogP contribution in [-0.4, -0.2) is 46.3 Å². The SMILES string of the molecule is Cc1cc(C(=O)N[C@H]2CCCN(CC3CCCCC3)C2)nn1C. The molecule has 5 nitrogen and oxygen atoms in total. The fourth-order valence-corrected chi connectivity index (χ4v) is 4.00. The summed E-state index contributed by atoms with van der Waals surface area (Å²) in [6, 6.07) is 2.12. The number of likely N-dealkylation sites (tertiary alicyclic amines) is 1. The lowest BCUT2D eigenvalue weighted by molar-refractivity contribution is 0.0884. The summed E-state index contributed by atoms with van der Waals surface area (Å²) in [6.45, 7) is 5.37. The number of piperidine rings is 1. The fourth-order valence-electron chi connectivity index (χ4n) is 4.00. The van der Waals surface area contributed by atoms with Gasteiger partial charge in [-0.2, -0.15) is 5.10 Å². The molecule has 1 N–H and O–H groups in total. The Bertz CT molecular complexity index is 514. The van der Waals surface area contributed by atoms with Gasteiger partial charge >= 0.3 is 0 Å². The predicted molar refractivity (Wildman–Crippen MR) is 91.4 cm³/mol. The molecule has 0 radical (unpaired) electrons. The first-order valence-electron chi connectivity index (χ1n) is 9.15. The molecule has 2 heterocycles. The number of carbonyl (C=O) groups excluding carboxylic acids is 1. The van der Waals surface area contributed by atoms with Gasteiger partial charge in [0.1, 0.15) is 5.69 Å². The van der Waals surface area contributed by atoms with Crippen molar-refractivity contribution in [1.82, 2.24) is 20.0 Å². The van der Waals surface area contributed by atoms with E-state index in [9.17, 15) is 4.79 Å². The largest absolute Gasteiger partial charge is 0.347 e. The average molecular weight is 318 g/mol. The molecule has 1 aromatic heterocycles. The number of aryl methyl sites for hydroxylation is 2. The molecule has 0 unspecified atom stereocenters. The van der Waals surface area contributed by atoms with E-state index in [4.69, 9.17) is 0 Å². The van der Waals surface area contributed by atoms with Gasteiger partial charge in [-0.05, 0) is 51.1 Å². The second kappa shape index (κ2) is 7.47. The van der Waals surface area contributed by atoms with Gasteiger partial charge in [0.2, 0.25) is 0 Å². The van der Waals surface area contributed by atoms with Gasteiger partial charge in [0.05, 0.1) is 0 Å². The Morgan fingerprint density at radius 1 is 1.26 bits per heavy atom. The van der Waals surface area contributed by atoms with Crippen LogP contribution < -0.4 is 5.32 Å². The standard InChI is InChI=1S/C18H30N4O/c1-14-11-17(20-21(14)2)18(23)19-16-9-6-10-22(13-16)12-15-7-4-3-5-8-15/h11,15-16H,3-10,12-13H2,1-2H3,(H,19,23)/t16-/m0/s1. The molecule has 0 aromatic carbocycles. The number of hydrogen-bond acceptors (Lipinski definition) is 3. The van der Waals surface area contributed by atoms with Crippen molar-refractivity contribution < 1.29 is 4.79 Å². The third-order valence-corrected chi connectivity index (χ3v) is 5.43. The highest BCUT2D eigenvalue weighted by atomic mass is 16.2. The number of hydrogen-bond donors (Lipinski definition) is 1. The van der Waals surface area contributed by atoms with Crippen LogP contribution >= 0.6 is 0 Å². The summed E-state index contributed by atoms with van der Waals surface area (Å²) < 4.78 is 1.76. The second-order valence-electron chi connectivity index (χ2n) is 7.37. The summed E-state index contributed by atoms with van der Waals surface area (Å²) in [7, 11) is 1.87. The normalized spacial score (nSPS) is 23.8. The molecule has 23 heavy (non-hydrogen) atoms. The number of nitrogens with zero attached hydrogens (tertiary/aromatic N) is 3. The molecule has 128 valence electrons. The van der Waals surface area contributed by atoms with Crippen molar-refractivity contribution in [3.8, 4) is 0 Å². The lowest BCUT2D eigenvalue weighted by atomic mass is 9.88. The van der Waals surface area contributed by atoms with Gasteiger partial charge < -0.3 is 10.2 Å². The van der Waals surface area contributed by atoms with Gasteiger partial charge in [0, 0.05) is 31.9 Å². The zero-order valence-corrected chi connectivity index (χ0v) is 14.6. The molecule has 2 fully saturated rings. The van der Waals surface area contributed by atoms with Crippen LogP contribution in [0.1, 0.15) is 61.1 Å². The Morgan fingerprint density at radius 2 is 2.04 bits per heavy atom. The Hall–Kier alpha value is -1.36. The molecule has 3 rings (SSSR count). The van der Waals surface area contributed by atoms with Crippen molar-refractivity contribution in [2.45, 2.75) is 57.9 Å². The van der Waals surface area contributed by atoms with Crippen molar-refractivity contribution in [2.24, 2.45) is 13.0 Å². The third-order valence-electron chi connectivity index (χ3n) is 5.43. The quantitative estimate of drug-likeness (QED) is 0.928. The first-order chi connectivity index (χ1) is 11.1. The highest BCUT2D eigenvalue weighted by Crippen LogP contribution is 2.25. The monoisotopic (exact) mass is 318 g/mol. The minimum atomic E-state index is -0.0294. The molecule has 1 aliphatic carbocycles. The maximum Gasteiger partial charge on any atom is 0.272 e. The summed E-state index contributed by atoms with van der Waals surface area (Å²) in [4.78, 5) is 14.9. The maximum atomic E-state index is 12.4. The van der Waals surface area contributed by atoms with Crippen molar-refractivity contribution in [1.29, 1.82) is 0 Å². The van der Waals surface area contributed by atoms with E-state index in [2.05, 4.69) is 15.3 Å². The molecule has 0 spiro atoms. The Balaban J connectivity index is 1.50. The van der Waals surface area contributed by atoms with Gasteiger partial charge in [0.25, 0.3) is 5.91 Å². The zero-order chi connectivity index (χ0) is 16.2. The topological polar surface area (TPSA) is 50.2 Å². The summed E-state index contributed by atoms with van der Waals surface area (Å²) in [5, 5.41) is 7.47. The van der Waals surface area contributed by atoms with E-state index in [1.54, 1.807) is 4.68 Å². The molecule has 2 aliphatic rings. The van der Waals surface area contributed by atoms with Crippen LogP contribution in [-0.2, 0) is 7.05 Å². The lowest BCUT2D eigenvalue weighted by Crippen LogP contribution is -2.49. The van der Waals surface area contributed by atoms with Gasteiger partial charge in [-0.1, -0.05) is 19.3 Å². The Kier molecular flexibility index (Phi) is 5.36. The van der Waals surface area contributed by atoms with Gasteiger partial charge in [-0.15, -0.1) is 0 Å². The second-order valence-corrected chi connectivity index (χ2v) is 7.37. The molecule has 0 bridgehead atoms. The van der Waals surface area contributed by atoms with E-state index >= 15 is 0 Å². The number of aromatic nitrogens is 2. The van der Waals surface area contributed by atoms with Gasteiger partial charge in [-0.25, -0.2) is 0 Å². The van der Waals surface area contributed by atoms with Crippen LogP contribution in [0.3, 0.4) is 0 Å². The Labute approximate surface area is 139 Å². The van der Waals surface area contributed by atoms with E-state index in [0.717, 1.165) is 24.6 Å². The van der Waals surface area contributed by atoms with Gasteiger partial charge in [-0.3, -0.25) is 9.48 Å². The molecule has 1 saturated carbocycles. The maximum absolute atomic E-state index is 12.4.